The second-order valence-corrected chi connectivity index (χ2v) is 9.57. The van der Waals surface area contributed by atoms with Crippen LogP contribution in [0.5, 0.6) is 5.75 Å². The molecule has 0 unspecified atom stereocenters. The molecule has 0 bridgehead atoms. The summed E-state index contributed by atoms with van der Waals surface area (Å²) in [6.07, 6.45) is 0. The number of carbonyl (C=O) groups excluding carboxylic acids is 1. The Balaban J connectivity index is 1.17. The van der Waals surface area contributed by atoms with Gasteiger partial charge in [0.1, 0.15) is 5.75 Å². The second kappa shape index (κ2) is 11.4. The summed E-state index contributed by atoms with van der Waals surface area (Å²) in [5.74, 6) is 1.90. The largest absolute Gasteiger partial charge is 0.497 e. The number of aromatic amines is 1. The average molecular weight is 500 g/mol. The van der Waals surface area contributed by atoms with Crippen molar-refractivity contribution < 1.29 is 9.53 Å². The van der Waals surface area contributed by atoms with E-state index < -0.39 is 0 Å². The number of amides is 1. The molecule has 2 heterocycles. The Bertz CT molecular complexity index is 1220. The fourth-order valence-corrected chi connectivity index (χ4v) is 5.22. The van der Waals surface area contributed by atoms with Crippen LogP contribution in [-0.4, -0.2) is 69.9 Å². The van der Waals surface area contributed by atoms with Crippen molar-refractivity contribution in [1.82, 2.24) is 25.0 Å². The highest BCUT2D eigenvalue weighted by atomic mass is 32.2. The normalized spacial score (nSPS) is 14.2. The summed E-state index contributed by atoms with van der Waals surface area (Å²) in [6.45, 7) is 3.07. The first-order valence-corrected chi connectivity index (χ1v) is 13.0. The highest BCUT2D eigenvalue weighted by molar-refractivity contribution is 7.99. The molecule has 0 atom stereocenters. The van der Waals surface area contributed by atoms with E-state index in [1.165, 1.54) is 22.9 Å². The summed E-state index contributed by atoms with van der Waals surface area (Å²) in [7, 11) is 1.64. The van der Waals surface area contributed by atoms with E-state index in [2.05, 4.69) is 68.6 Å². The van der Waals surface area contributed by atoms with Crippen LogP contribution in [0, 0.1) is 0 Å². The lowest BCUT2D eigenvalue weighted by Gasteiger charge is -2.39. The first-order valence-electron chi connectivity index (χ1n) is 12.0. The van der Waals surface area contributed by atoms with Gasteiger partial charge >= 0.3 is 0 Å². The molecular weight excluding hydrogens is 470 g/mol. The van der Waals surface area contributed by atoms with E-state index in [9.17, 15) is 4.79 Å². The average Bonchev–Trinajstić information content (AvgIpc) is 3.43. The molecule has 5 rings (SSSR count). The number of rotatable bonds is 8. The first-order chi connectivity index (χ1) is 17.7. The molecule has 0 radical (unpaired) electrons. The third-order valence-corrected chi connectivity index (χ3v) is 7.25. The zero-order chi connectivity index (χ0) is 24.7. The molecule has 0 aliphatic carbocycles. The zero-order valence-electron chi connectivity index (χ0n) is 20.2. The van der Waals surface area contributed by atoms with Gasteiger partial charge < -0.3 is 9.64 Å². The summed E-state index contributed by atoms with van der Waals surface area (Å²) in [5.41, 5.74) is 3.47. The predicted octanol–water partition coefficient (Wildman–Crippen LogP) is 4.51. The van der Waals surface area contributed by atoms with Crippen molar-refractivity contribution in [3.8, 4) is 17.1 Å². The number of nitrogens with zero attached hydrogens (tertiary/aromatic N) is 4. The Labute approximate surface area is 215 Å². The molecule has 8 heteroatoms. The maximum atomic E-state index is 12.9. The van der Waals surface area contributed by atoms with Gasteiger partial charge in [-0.05, 0) is 35.4 Å². The van der Waals surface area contributed by atoms with Crippen LogP contribution in [0.1, 0.15) is 17.2 Å². The molecule has 4 aromatic rings. The number of nitrogens with one attached hydrogen (secondary N) is 1. The van der Waals surface area contributed by atoms with Gasteiger partial charge in [0.2, 0.25) is 11.1 Å². The fourth-order valence-electron chi connectivity index (χ4n) is 4.52. The lowest BCUT2D eigenvalue weighted by molar-refractivity contribution is -0.130. The number of hydrogen-bond donors (Lipinski definition) is 1. The maximum Gasteiger partial charge on any atom is 0.233 e. The van der Waals surface area contributed by atoms with Crippen LogP contribution in [0.3, 0.4) is 0 Å². The molecule has 7 nitrogen and oxygen atoms in total. The van der Waals surface area contributed by atoms with Gasteiger partial charge in [-0.1, -0.05) is 72.4 Å². The van der Waals surface area contributed by atoms with Crippen LogP contribution in [0.25, 0.3) is 11.4 Å². The number of ether oxygens (including phenoxy) is 1. The Morgan fingerprint density at radius 1 is 0.917 bits per heavy atom. The van der Waals surface area contributed by atoms with Crippen LogP contribution in [-0.2, 0) is 4.79 Å². The molecule has 3 aromatic carbocycles. The van der Waals surface area contributed by atoms with Crippen LogP contribution in [0.15, 0.2) is 90.1 Å². The number of methoxy groups -OCH3 is 1. The standard InChI is InChI=1S/C28H29N5O2S/c1-35-24-14-12-23(13-15-24)27-29-28(31-30-27)36-20-25(34)32-16-18-33(19-17-32)26(21-8-4-2-5-9-21)22-10-6-3-7-11-22/h2-15,26H,16-20H2,1H3,(H,29,30,31). The molecule has 0 saturated carbocycles. The first kappa shape index (κ1) is 24.1. The van der Waals surface area contributed by atoms with Crippen molar-refractivity contribution >= 4 is 17.7 Å². The van der Waals surface area contributed by atoms with Crippen molar-refractivity contribution in [3.05, 3.63) is 96.1 Å². The van der Waals surface area contributed by atoms with Gasteiger partial charge in [-0.2, -0.15) is 0 Å². The van der Waals surface area contributed by atoms with E-state index in [-0.39, 0.29) is 11.9 Å². The van der Waals surface area contributed by atoms with Crippen molar-refractivity contribution in [2.45, 2.75) is 11.2 Å². The topological polar surface area (TPSA) is 74.3 Å². The van der Waals surface area contributed by atoms with E-state index in [1.54, 1.807) is 7.11 Å². The number of H-pyrrole nitrogens is 1. The molecule has 1 saturated heterocycles. The van der Waals surface area contributed by atoms with Gasteiger partial charge in [0.15, 0.2) is 5.82 Å². The van der Waals surface area contributed by atoms with Crippen molar-refractivity contribution in [3.63, 3.8) is 0 Å². The van der Waals surface area contributed by atoms with Gasteiger partial charge in [-0.25, -0.2) is 4.98 Å². The zero-order valence-corrected chi connectivity index (χ0v) is 21.0. The molecule has 36 heavy (non-hydrogen) atoms. The van der Waals surface area contributed by atoms with Crippen LogP contribution in [0.2, 0.25) is 0 Å². The molecule has 1 aliphatic rings. The van der Waals surface area contributed by atoms with E-state index in [0.717, 1.165) is 24.4 Å². The Kier molecular flexibility index (Phi) is 7.64. The van der Waals surface area contributed by atoms with Crippen molar-refractivity contribution in [2.24, 2.45) is 0 Å². The summed E-state index contributed by atoms with van der Waals surface area (Å²) in [4.78, 5) is 21.9. The summed E-state index contributed by atoms with van der Waals surface area (Å²) < 4.78 is 5.20. The predicted molar refractivity (Wildman–Crippen MR) is 142 cm³/mol. The smallest absolute Gasteiger partial charge is 0.233 e. The van der Waals surface area contributed by atoms with Gasteiger partial charge in [-0.3, -0.25) is 14.8 Å². The van der Waals surface area contributed by atoms with E-state index >= 15 is 0 Å². The fraction of sp³-hybridized carbons (Fsp3) is 0.250. The Morgan fingerprint density at radius 3 is 2.11 bits per heavy atom. The summed E-state index contributed by atoms with van der Waals surface area (Å²) in [5, 5.41) is 7.80. The van der Waals surface area contributed by atoms with E-state index in [1.807, 2.05) is 41.3 Å². The number of benzene rings is 3. The van der Waals surface area contributed by atoms with Crippen molar-refractivity contribution in [1.29, 1.82) is 0 Å². The number of carbonyl (C=O) groups is 1. The summed E-state index contributed by atoms with van der Waals surface area (Å²) in [6, 6.07) is 29.0. The van der Waals surface area contributed by atoms with E-state index in [4.69, 9.17) is 4.74 Å². The lowest BCUT2D eigenvalue weighted by atomic mass is 9.96. The molecule has 1 aromatic heterocycles. The molecule has 1 N–H and O–H groups in total. The minimum Gasteiger partial charge on any atom is -0.497 e. The van der Waals surface area contributed by atoms with Crippen LogP contribution < -0.4 is 4.74 Å². The molecule has 184 valence electrons. The summed E-state index contributed by atoms with van der Waals surface area (Å²) >= 11 is 1.36. The van der Waals surface area contributed by atoms with Crippen LogP contribution in [0.4, 0.5) is 0 Å². The lowest BCUT2D eigenvalue weighted by Crippen LogP contribution is -2.50. The Morgan fingerprint density at radius 2 is 1.53 bits per heavy atom. The Hall–Kier alpha value is -3.62. The number of aromatic nitrogens is 3. The van der Waals surface area contributed by atoms with Gasteiger partial charge in [-0.15, -0.1) is 5.10 Å². The minimum atomic E-state index is 0.117. The molecule has 1 amide bonds. The van der Waals surface area contributed by atoms with Crippen LogP contribution >= 0.6 is 11.8 Å². The van der Waals surface area contributed by atoms with E-state index in [0.29, 0.717) is 29.8 Å². The molecular formula is C28H29N5O2S. The van der Waals surface area contributed by atoms with Gasteiger partial charge in [0, 0.05) is 31.7 Å². The highest BCUT2D eigenvalue weighted by Gasteiger charge is 2.28. The molecule has 1 fully saturated rings. The third kappa shape index (κ3) is 5.61. The number of thioether (sulfide) groups is 1. The minimum absolute atomic E-state index is 0.117. The SMILES string of the molecule is COc1ccc(-c2nc(SCC(=O)N3CCN(C(c4ccccc4)c4ccccc4)CC3)n[nH]2)cc1. The molecule has 0 spiro atoms. The molecule has 1 aliphatic heterocycles. The quantitative estimate of drug-likeness (QED) is 0.360. The third-order valence-electron chi connectivity index (χ3n) is 6.42. The van der Waals surface area contributed by atoms with Crippen molar-refractivity contribution in [2.75, 3.05) is 39.0 Å². The highest BCUT2D eigenvalue weighted by Crippen LogP contribution is 2.29. The second-order valence-electron chi connectivity index (χ2n) is 8.62. The number of piperazine rings is 1. The maximum absolute atomic E-state index is 12.9. The number of hydrogen-bond acceptors (Lipinski definition) is 6. The van der Waals surface area contributed by atoms with Gasteiger partial charge in [0.25, 0.3) is 0 Å². The van der Waals surface area contributed by atoms with Gasteiger partial charge in [0.05, 0.1) is 18.9 Å². The monoisotopic (exact) mass is 499 g/mol.